The molecular weight excluding hydrogens is 390 g/mol. The molecule has 0 N–H and O–H groups in total. The van der Waals surface area contributed by atoms with Crippen LogP contribution < -0.4 is 0 Å². The molecule has 0 spiro atoms. The van der Waals surface area contributed by atoms with E-state index in [2.05, 4.69) is 77.1 Å². The maximum Gasteiger partial charge on any atom is 0.144 e. The standard InChI is InChI=1S/C30H29NO/c1-18-14-22-20-8-6-7-9-26(20)32-28(22)23(15-18)27-21-17-25-24(16-19(21)10-13-31-27)29(2,3)11-12-30(25,4)5/h6-10,13-17H,11-12H2,1-5H3. The number of nitrogens with zero attached hydrogens (tertiary/aromatic N) is 1. The van der Waals surface area contributed by atoms with E-state index in [1.807, 2.05) is 18.3 Å². The summed E-state index contributed by atoms with van der Waals surface area (Å²) in [5.41, 5.74) is 8.46. The van der Waals surface area contributed by atoms with Crippen LogP contribution in [0.2, 0.25) is 0 Å². The lowest BCUT2D eigenvalue weighted by Crippen LogP contribution is -2.33. The highest BCUT2D eigenvalue weighted by Crippen LogP contribution is 2.48. The van der Waals surface area contributed by atoms with Gasteiger partial charge in [0.15, 0.2) is 0 Å². The first-order valence-electron chi connectivity index (χ1n) is 11.6. The number of aromatic nitrogens is 1. The van der Waals surface area contributed by atoms with E-state index in [1.165, 1.54) is 40.3 Å². The average Bonchev–Trinajstić information content (AvgIpc) is 3.14. The monoisotopic (exact) mass is 419 g/mol. The number of para-hydroxylation sites is 1. The van der Waals surface area contributed by atoms with E-state index in [4.69, 9.17) is 9.40 Å². The summed E-state index contributed by atoms with van der Waals surface area (Å²) in [5.74, 6) is 0. The van der Waals surface area contributed by atoms with Crippen LogP contribution in [0.3, 0.4) is 0 Å². The fraction of sp³-hybridized carbons (Fsp3) is 0.300. The van der Waals surface area contributed by atoms with Crippen molar-refractivity contribution in [1.29, 1.82) is 0 Å². The van der Waals surface area contributed by atoms with Crippen LogP contribution in [0.4, 0.5) is 0 Å². The number of hydrogen-bond donors (Lipinski definition) is 0. The molecule has 6 rings (SSSR count). The zero-order valence-electron chi connectivity index (χ0n) is 19.5. The molecule has 0 saturated heterocycles. The zero-order chi connectivity index (χ0) is 22.3. The highest BCUT2D eigenvalue weighted by molar-refractivity contribution is 6.12. The van der Waals surface area contributed by atoms with E-state index in [1.54, 1.807) is 0 Å². The predicted molar refractivity (Wildman–Crippen MR) is 134 cm³/mol. The Morgan fingerprint density at radius 2 is 1.50 bits per heavy atom. The molecule has 0 radical (unpaired) electrons. The maximum atomic E-state index is 6.39. The van der Waals surface area contributed by atoms with Gasteiger partial charge in [-0.3, -0.25) is 4.98 Å². The van der Waals surface area contributed by atoms with Gasteiger partial charge in [0.1, 0.15) is 11.2 Å². The first kappa shape index (κ1) is 19.5. The van der Waals surface area contributed by atoms with Crippen LogP contribution in [-0.4, -0.2) is 4.98 Å². The molecule has 0 amide bonds. The highest BCUT2D eigenvalue weighted by atomic mass is 16.3. The molecule has 32 heavy (non-hydrogen) atoms. The second-order valence-electron chi connectivity index (χ2n) is 10.8. The molecule has 0 unspecified atom stereocenters. The van der Waals surface area contributed by atoms with Crippen molar-refractivity contribution < 1.29 is 4.42 Å². The fourth-order valence-electron chi connectivity index (χ4n) is 5.60. The molecule has 0 atom stereocenters. The summed E-state index contributed by atoms with van der Waals surface area (Å²) in [6.45, 7) is 11.7. The van der Waals surface area contributed by atoms with Crippen LogP contribution in [0.5, 0.6) is 0 Å². The molecule has 2 aromatic heterocycles. The van der Waals surface area contributed by atoms with Crippen molar-refractivity contribution in [2.45, 2.75) is 58.3 Å². The summed E-state index contributed by atoms with van der Waals surface area (Å²) < 4.78 is 6.39. The van der Waals surface area contributed by atoms with Gasteiger partial charge in [0.2, 0.25) is 0 Å². The van der Waals surface area contributed by atoms with Crippen molar-refractivity contribution in [3.05, 3.63) is 77.5 Å². The summed E-state index contributed by atoms with van der Waals surface area (Å²) in [5, 5.41) is 4.79. The van der Waals surface area contributed by atoms with Gasteiger partial charge in [0, 0.05) is 27.9 Å². The van der Waals surface area contributed by atoms with Crippen molar-refractivity contribution in [1.82, 2.24) is 4.98 Å². The number of rotatable bonds is 1. The van der Waals surface area contributed by atoms with Gasteiger partial charge >= 0.3 is 0 Å². The molecule has 1 aliphatic rings. The highest BCUT2D eigenvalue weighted by Gasteiger charge is 2.37. The van der Waals surface area contributed by atoms with E-state index < -0.39 is 0 Å². The number of hydrogen-bond acceptors (Lipinski definition) is 2. The minimum absolute atomic E-state index is 0.160. The van der Waals surface area contributed by atoms with Gasteiger partial charge in [-0.05, 0) is 83.0 Å². The second-order valence-corrected chi connectivity index (χ2v) is 10.8. The smallest absolute Gasteiger partial charge is 0.144 e. The third-order valence-electron chi connectivity index (χ3n) is 7.61. The largest absolute Gasteiger partial charge is 0.455 e. The summed E-state index contributed by atoms with van der Waals surface area (Å²) >= 11 is 0. The summed E-state index contributed by atoms with van der Waals surface area (Å²) in [6.07, 6.45) is 4.36. The summed E-state index contributed by atoms with van der Waals surface area (Å²) in [6, 6.07) is 19.7. The molecule has 0 aliphatic heterocycles. The number of furan rings is 1. The Morgan fingerprint density at radius 3 is 2.28 bits per heavy atom. The van der Waals surface area contributed by atoms with Crippen LogP contribution in [0.15, 0.2) is 65.2 Å². The Morgan fingerprint density at radius 1 is 0.781 bits per heavy atom. The lowest BCUT2D eigenvalue weighted by Gasteiger charge is -2.42. The molecule has 2 nitrogen and oxygen atoms in total. The average molecular weight is 420 g/mol. The molecular formula is C30H29NO. The van der Waals surface area contributed by atoms with Gasteiger partial charge in [-0.25, -0.2) is 0 Å². The number of fused-ring (bicyclic) bond motifs is 5. The van der Waals surface area contributed by atoms with Crippen LogP contribution in [0.1, 0.15) is 57.2 Å². The summed E-state index contributed by atoms with van der Waals surface area (Å²) in [7, 11) is 0. The summed E-state index contributed by atoms with van der Waals surface area (Å²) in [4.78, 5) is 4.91. The van der Waals surface area contributed by atoms with Gasteiger partial charge in [-0.15, -0.1) is 0 Å². The first-order valence-corrected chi connectivity index (χ1v) is 11.6. The van der Waals surface area contributed by atoms with Crippen molar-refractivity contribution in [3.63, 3.8) is 0 Å². The van der Waals surface area contributed by atoms with Crippen molar-refractivity contribution in [2.24, 2.45) is 0 Å². The van der Waals surface area contributed by atoms with Gasteiger partial charge in [-0.1, -0.05) is 52.0 Å². The lowest BCUT2D eigenvalue weighted by atomic mass is 9.63. The van der Waals surface area contributed by atoms with Crippen LogP contribution >= 0.6 is 0 Å². The van der Waals surface area contributed by atoms with E-state index in [0.29, 0.717) is 0 Å². The minimum Gasteiger partial charge on any atom is -0.455 e. The Hall–Kier alpha value is -3.13. The second kappa shape index (κ2) is 6.45. The molecule has 2 heterocycles. The normalized spacial score (nSPS) is 17.2. The molecule has 3 aromatic carbocycles. The zero-order valence-corrected chi connectivity index (χ0v) is 19.5. The van der Waals surface area contributed by atoms with Crippen molar-refractivity contribution >= 4 is 32.7 Å². The third-order valence-corrected chi connectivity index (χ3v) is 7.61. The molecule has 0 bridgehead atoms. The van der Waals surface area contributed by atoms with Gasteiger partial charge < -0.3 is 4.42 Å². The lowest BCUT2D eigenvalue weighted by molar-refractivity contribution is 0.332. The minimum atomic E-state index is 0.160. The molecule has 0 saturated carbocycles. The molecule has 0 fully saturated rings. The first-order chi connectivity index (χ1) is 15.2. The van der Waals surface area contributed by atoms with Crippen molar-refractivity contribution in [3.8, 4) is 11.3 Å². The molecule has 2 heteroatoms. The Labute approximate surface area is 189 Å². The number of pyridine rings is 1. The Balaban J connectivity index is 1.70. The van der Waals surface area contributed by atoms with E-state index in [9.17, 15) is 0 Å². The topological polar surface area (TPSA) is 26.0 Å². The van der Waals surface area contributed by atoms with Gasteiger partial charge in [0.25, 0.3) is 0 Å². The molecule has 1 aliphatic carbocycles. The van der Waals surface area contributed by atoms with E-state index in [0.717, 1.165) is 33.2 Å². The van der Waals surface area contributed by atoms with Gasteiger partial charge in [-0.2, -0.15) is 0 Å². The molecule has 5 aromatic rings. The molecule has 160 valence electrons. The predicted octanol–water partition coefficient (Wildman–Crippen LogP) is 8.46. The van der Waals surface area contributed by atoms with Crippen LogP contribution in [0, 0.1) is 6.92 Å². The Bertz CT molecular complexity index is 1530. The maximum absolute atomic E-state index is 6.39. The quantitative estimate of drug-likeness (QED) is 0.272. The third kappa shape index (κ3) is 2.75. The van der Waals surface area contributed by atoms with Gasteiger partial charge in [0.05, 0.1) is 5.69 Å². The SMILES string of the molecule is Cc1cc(-c2nccc3cc4c(cc23)C(C)(C)CCC4(C)C)c2oc3ccccc3c2c1. The van der Waals surface area contributed by atoms with Crippen LogP contribution in [0.25, 0.3) is 44.0 Å². The van der Waals surface area contributed by atoms with Crippen LogP contribution in [-0.2, 0) is 10.8 Å². The fourth-order valence-corrected chi connectivity index (χ4v) is 5.60. The van der Waals surface area contributed by atoms with E-state index >= 15 is 0 Å². The van der Waals surface area contributed by atoms with Crippen molar-refractivity contribution in [2.75, 3.05) is 0 Å². The number of benzene rings is 3. The Kier molecular flexibility index (Phi) is 3.94. The number of aryl methyl sites for hydroxylation is 1. The van der Waals surface area contributed by atoms with E-state index in [-0.39, 0.29) is 10.8 Å².